The maximum absolute atomic E-state index is 13.5. The molecule has 0 aliphatic carbocycles. The molecular formula is C14H10BrFN4O. The van der Waals surface area contributed by atoms with Gasteiger partial charge < -0.3 is 11.1 Å². The number of hydrogen-bond acceptors (Lipinski definition) is 4. The van der Waals surface area contributed by atoms with E-state index in [4.69, 9.17) is 5.73 Å². The van der Waals surface area contributed by atoms with Gasteiger partial charge in [-0.05, 0) is 52.3 Å². The summed E-state index contributed by atoms with van der Waals surface area (Å²) in [5, 5.41) is 3.27. The van der Waals surface area contributed by atoms with Crippen LogP contribution in [0.2, 0.25) is 0 Å². The van der Waals surface area contributed by atoms with Gasteiger partial charge in [-0.15, -0.1) is 0 Å². The van der Waals surface area contributed by atoms with Gasteiger partial charge >= 0.3 is 0 Å². The third-order valence-corrected chi connectivity index (χ3v) is 3.55. The van der Waals surface area contributed by atoms with Crippen LogP contribution in [0.15, 0.2) is 45.7 Å². The second kappa shape index (κ2) is 5.17. The maximum atomic E-state index is 13.5. The molecule has 0 aliphatic rings. The second-order valence-electron chi connectivity index (χ2n) is 4.45. The van der Waals surface area contributed by atoms with E-state index in [1.807, 2.05) is 0 Å². The van der Waals surface area contributed by atoms with E-state index in [1.165, 1.54) is 6.07 Å². The van der Waals surface area contributed by atoms with Crippen molar-refractivity contribution in [1.29, 1.82) is 0 Å². The molecule has 1 aromatic heterocycles. The van der Waals surface area contributed by atoms with Crippen LogP contribution in [0.5, 0.6) is 0 Å². The summed E-state index contributed by atoms with van der Waals surface area (Å²) in [6.45, 7) is 0. The molecular weight excluding hydrogens is 339 g/mol. The Morgan fingerprint density at radius 3 is 2.81 bits per heavy atom. The lowest BCUT2D eigenvalue weighted by atomic mass is 10.2. The molecule has 0 atom stereocenters. The average molecular weight is 349 g/mol. The third kappa shape index (κ3) is 2.73. The van der Waals surface area contributed by atoms with Crippen molar-refractivity contribution >= 4 is 44.2 Å². The van der Waals surface area contributed by atoms with E-state index in [2.05, 4.69) is 31.2 Å². The fourth-order valence-electron chi connectivity index (χ4n) is 1.93. The van der Waals surface area contributed by atoms with Crippen LogP contribution >= 0.6 is 15.9 Å². The Labute approximate surface area is 127 Å². The topological polar surface area (TPSA) is 83.8 Å². The number of anilines is 3. The Morgan fingerprint density at radius 1 is 1.24 bits per heavy atom. The van der Waals surface area contributed by atoms with Crippen molar-refractivity contribution in [2.24, 2.45) is 0 Å². The standard InChI is InChI=1S/C14H10BrFN4O/c15-10-3-2-8(6-11(10)16)18-14-19-12-4-1-7(17)5-9(12)13(21)20-14/h1-6H,17H2,(H2,18,19,20,21). The summed E-state index contributed by atoms with van der Waals surface area (Å²) < 4.78 is 13.8. The van der Waals surface area contributed by atoms with Gasteiger partial charge in [0.1, 0.15) is 5.82 Å². The molecule has 0 unspecified atom stereocenters. The first kappa shape index (κ1) is 13.6. The number of fused-ring (bicyclic) bond motifs is 1. The Kier molecular flexibility index (Phi) is 3.34. The monoisotopic (exact) mass is 348 g/mol. The molecule has 0 spiro atoms. The smallest absolute Gasteiger partial charge is 0.260 e. The number of H-pyrrole nitrogens is 1. The molecule has 0 radical (unpaired) electrons. The summed E-state index contributed by atoms with van der Waals surface area (Å²) in [4.78, 5) is 18.9. The predicted molar refractivity (Wildman–Crippen MR) is 84.2 cm³/mol. The molecule has 0 saturated heterocycles. The van der Waals surface area contributed by atoms with Crippen molar-refractivity contribution in [3.8, 4) is 0 Å². The van der Waals surface area contributed by atoms with E-state index in [-0.39, 0.29) is 11.5 Å². The van der Waals surface area contributed by atoms with Crippen LogP contribution in [0.4, 0.5) is 21.7 Å². The molecule has 5 nitrogen and oxygen atoms in total. The highest BCUT2D eigenvalue weighted by atomic mass is 79.9. The minimum absolute atomic E-state index is 0.235. The molecule has 3 aromatic rings. The van der Waals surface area contributed by atoms with Crippen LogP contribution in [0.3, 0.4) is 0 Å². The zero-order valence-electron chi connectivity index (χ0n) is 10.7. The summed E-state index contributed by atoms with van der Waals surface area (Å²) in [5.41, 5.74) is 6.81. The zero-order chi connectivity index (χ0) is 15.0. The lowest BCUT2D eigenvalue weighted by Gasteiger charge is -2.07. The van der Waals surface area contributed by atoms with E-state index >= 15 is 0 Å². The van der Waals surface area contributed by atoms with Crippen molar-refractivity contribution in [1.82, 2.24) is 9.97 Å². The van der Waals surface area contributed by atoms with Gasteiger partial charge in [-0.25, -0.2) is 9.37 Å². The largest absolute Gasteiger partial charge is 0.399 e. The molecule has 3 rings (SSSR count). The number of benzene rings is 2. The van der Waals surface area contributed by atoms with Crippen molar-refractivity contribution in [2.45, 2.75) is 0 Å². The highest BCUT2D eigenvalue weighted by molar-refractivity contribution is 9.10. The SMILES string of the molecule is Nc1ccc2nc(Nc3ccc(Br)c(F)c3)[nH]c(=O)c2c1. The van der Waals surface area contributed by atoms with Crippen LogP contribution < -0.4 is 16.6 Å². The number of aromatic amines is 1. The first-order valence-electron chi connectivity index (χ1n) is 6.04. The van der Waals surface area contributed by atoms with E-state index in [1.54, 1.807) is 30.3 Å². The van der Waals surface area contributed by atoms with Gasteiger partial charge in [0.25, 0.3) is 5.56 Å². The summed E-state index contributed by atoms with van der Waals surface area (Å²) in [6, 6.07) is 9.42. The molecule has 0 saturated carbocycles. The first-order chi connectivity index (χ1) is 10.0. The number of aromatic nitrogens is 2. The molecule has 4 N–H and O–H groups in total. The summed E-state index contributed by atoms with van der Waals surface area (Å²) in [7, 11) is 0. The molecule has 7 heteroatoms. The van der Waals surface area contributed by atoms with Crippen LogP contribution in [0.25, 0.3) is 10.9 Å². The summed E-state index contributed by atoms with van der Waals surface area (Å²) in [6.07, 6.45) is 0. The van der Waals surface area contributed by atoms with E-state index in [0.29, 0.717) is 26.8 Å². The molecule has 2 aromatic carbocycles. The van der Waals surface area contributed by atoms with Crippen LogP contribution in [-0.4, -0.2) is 9.97 Å². The highest BCUT2D eigenvalue weighted by Crippen LogP contribution is 2.21. The van der Waals surface area contributed by atoms with Gasteiger partial charge in [0, 0.05) is 11.4 Å². The van der Waals surface area contributed by atoms with Crippen molar-refractivity contribution in [3.63, 3.8) is 0 Å². The van der Waals surface area contributed by atoms with E-state index in [0.717, 1.165) is 0 Å². The number of hydrogen-bond donors (Lipinski definition) is 3. The van der Waals surface area contributed by atoms with Gasteiger partial charge in [-0.3, -0.25) is 9.78 Å². The number of halogens is 2. The predicted octanol–water partition coefficient (Wildman–Crippen LogP) is 3.15. The molecule has 0 aliphatic heterocycles. The second-order valence-corrected chi connectivity index (χ2v) is 5.30. The number of nitrogen functional groups attached to an aromatic ring is 1. The first-order valence-corrected chi connectivity index (χ1v) is 6.84. The van der Waals surface area contributed by atoms with Crippen LogP contribution in [0.1, 0.15) is 0 Å². The van der Waals surface area contributed by atoms with Crippen LogP contribution in [0, 0.1) is 5.82 Å². The number of rotatable bonds is 2. The molecule has 1 heterocycles. The number of nitrogens with two attached hydrogens (primary N) is 1. The highest BCUT2D eigenvalue weighted by Gasteiger charge is 2.06. The lowest BCUT2D eigenvalue weighted by Crippen LogP contribution is -2.11. The normalized spacial score (nSPS) is 10.8. The number of nitrogens with zero attached hydrogens (tertiary/aromatic N) is 1. The van der Waals surface area contributed by atoms with Gasteiger partial charge in [0.2, 0.25) is 5.95 Å². The van der Waals surface area contributed by atoms with E-state index < -0.39 is 5.82 Å². The fourth-order valence-corrected chi connectivity index (χ4v) is 2.17. The quantitative estimate of drug-likeness (QED) is 0.621. The van der Waals surface area contributed by atoms with Crippen molar-refractivity contribution in [3.05, 3.63) is 57.0 Å². The van der Waals surface area contributed by atoms with Gasteiger partial charge in [-0.1, -0.05) is 0 Å². The molecule has 0 bridgehead atoms. The molecule has 0 fully saturated rings. The summed E-state index contributed by atoms with van der Waals surface area (Å²) in [5.74, 6) is -0.171. The number of nitrogens with one attached hydrogen (secondary N) is 2. The van der Waals surface area contributed by atoms with Gasteiger partial charge in [-0.2, -0.15) is 0 Å². The molecule has 21 heavy (non-hydrogen) atoms. The third-order valence-electron chi connectivity index (χ3n) is 2.91. The Balaban J connectivity index is 2.03. The van der Waals surface area contributed by atoms with Crippen molar-refractivity contribution < 1.29 is 4.39 Å². The average Bonchev–Trinajstić information content (AvgIpc) is 2.44. The minimum Gasteiger partial charge on any atom is -0.399 e. The van der Waals surface area contributed by atoms with Crippen LogP contribution in [-0.2, 0) is 0 Å². The Bertz CT molecular complexity index is 894. The van der Waals surface area contributed by atoms with Crippen molar-refractivity contribution in [2.75, 3.05) is 11.1 Å². The maximum Gasteiger partial charge on any atom is 0.260 e. The zero-order valence-corrected chi connectivity index (χ0v) is 12.2. The lowest BCUT2D eigenvalue weighted by molar-refractivity contribution is 0.622. The Morgan fingerprint density at radius 2 is 2.05 bits per heavy atom. The Hall–Kier alpha value is -2.41. The van der Waals surface area contributed by atoms with Gasteiger partial charge in [0.15, 0.2) is 0 Å². The molecule has 106 valence electrons. The van der Waals surface area contributed by atoms with E-state index in [9.17, 15) is 9.18 Å². The van der Waals surface area contributed by atoms with Gasteiger partial charge in [0.05, 0.1) is 15.4 Å². The summed E-state index contributed by atoms with van der Waals surface area (Å²) >= 11 is 3.08. The fraction of sp³-hybridized carbons (Fsp3) is 0. The molecule has 0 amide bonds. The minimum atomic E-state index is -0.407.